The molecule has 0 atom stereocenters. The van der Waals surface area contributed by atoms with E-state index in [9.17, 15) is 4.79 Å². The highest BCUT2D eigenvalue weighted by molar-refractivity contribution is 6.04. The molecule has 3 N–H and O–H groups in total. The summed E-state index contributed by atoms with van der Waals surface area (Å²) in [5.74, 6) is 5.81. The molecule has 0 bridgehead atoms. The molecule has 7 nitrogen and oxygen atoms in total. The van der Waals surface area contributed by atoms with Gasteiger partial charge in [0.05, 0.1) is 23.5 Å². The third-order valence-corrected chi connectivity index (χ3v) is 3.73. The lowest BCUT2D eigenvalue weighted by Gasteiger charge is -2.06. The Morgan fingerprint density at radius 2 is 1.86 bits per heavy atom. The van der Waals surface area contributed by atoms with Gasteiger partial charge in [0, 0.05) is 36.1 Å². The zero-order valence-electron chi connectivity index (χ0n) is 14.9. The molecule has 0 aliphatic carbocycles. The van der Waals surface area contributed by atoms with Crippen LogP contribution in [-0.4, -0.2) is 20.9 Å². The number of nitrogen functional groups attached to an aromatic ring is 1. The van der Waals surface area contributed by atoms with Gasteiger partial charge in [-0.3, -0.25) is 9.78 Å². The average Bonchev–Trinajstić information content (AvgIpc) is 2.72. The van der Waals surface area contributed by atoms with E-state index in [2.05, 4.69) is 38.2 Å². The van der Waals surface area contributed by atoms with Crippen molar-refractivity contribution in [1.82, 2.24) is 15.0 Å². The molecule has 2 aromatic heterocycles. The fraction of sp³-hybridized carbons (Fsp3) is 0.0952. The first-order chi connectivity index (χ1) is 13.6. The van der Waals surface area contributed by atoms with Gasteiger partial charge in [0.25, 0.3) is 5.91 Å². The van der Waals surface area contributed by atoms with Crippen LogP contribution in [0.3, 0.4) is 0 Å². The number of carbonyl (C=O) groups is 1. The Labute approximate surface area is 162 Å². The summed E-state index contributed by atoms with van der Waals surface area (Å²) in [6.45, 7) is 0. The lowest BCUT2D eigenvalue weighted by atomic mass is 10.1. The van der Waals surface area contributed by atoms with Gasteiger partial charge in [-0.2, -0.15) is 5.26 Å². The number of nitrogens with one attached hydrogen (secondary N) is 1. The van der Waals surface area contributed by atoms with E-state index in [1.165, 1.54) is 12.4 Å². The van der Waals surface area contributed by atoms with E-state index < -0.39 is 0 Å². The first-order valence-corrected chi connectivity index (χ1v) is 8.46. The summed E-state index contributed by atoms with van der Waals surface area (Å²) in [5.41, 5.74) is 8.70. The molecule has 0 saturated heterocycles. The fourth-order valence-electron chi connectivity index (χ4n) is 2.40. The van der Waals surface area contributed by atoms with Crippen molar-refractivity contribution >= 4 is 17.5 Å². The van der Waals surface area contributed by atoms with Gasteiger partial charge in [0.1, 0.15) is 0 Å². The second-order valence-electron chi connectivity index (χ2n) is 5.85. The van der Waals surface area contributed by atoms with E-state index in [-0.39, 0.29) is 11.9 Å². The van der Waals surface area contributed by atoms with Crippen molar-refractivity contribution in [2.45, 2.75) is 12.8 Å². The SMILES string of the molecule is N#CCCc1cccc(C(=O)Nc2cncc(C#Cc3cnc(N)nc3)c2)c1. The van der Waals surface area contributed by atoms with E-state index in [1.54, 1.807) is 36.7 Å². The van der Waals surface area contributed by atoms with E-state index in [0.717, 1.165) is 5.56 Å². The molecule has 0 fully saturated rings. The highest BCUT2D eigenvalue weighted by Gasteiger charge is 2.07. The van der Waals surface area contributed by atoms with E-state index in [1.807, 2.05) is 6.07 Å². The molecule has 136 valence electrons. The van der Waals surface area contributed by atoms with E-state index >= 15 is 0 Å². The molecule has 2 heterocycles. The van der Waals surface area contributed by atoms with Gasteiger partial charge in [-0.1, -0.05) is 24.0 Å². The first kappa shape index (κ1) is 18.6. The average molecular weight is 368 g/mol. The minimum atomic E-state index is -0.252. The van der Waals surface area contributed by atoms with Gasteiger partial charge in [0.15, 0.2) is 0 Å². The summed E-state index contributed by atoms with van der Waals surface area (Å²) in [5, 5.41) is 11.5. The number of nitrogens with zero attached hydrogens (tertiary/aromatic N) is 4. The number of nitrogens with two attached hydrogens (primary N) is 1. The van der Waals surface area contributed by atoms with Gasteiger partial charge in [0.2, 0.25) is 5.95 Å². The molecule has 3 rings (SSSR count). The quantitative estimate of drug-likeness (QED) is 0.683. The lowest BCUT2D eigenvalue weighted by molar-refractivity contribution is 0.102. The van der Waals surface area contributed by atoms with Crippen LogP contribution >= 0.6 is 0 Å². The van der Waals surface area contributed by atoms with Crippen molar-refractivity contribution in [1.29, 1.82) is 5.26 Å². The Balaban J connectivity index is 1.72. The highest BCUT2D eigenvalue weighted by Crippen LogP contribution is 2.12. The molecule has 0 saturated carbocycles. The number of nitriles is 1. The number of amides is 1. The topological polar surface area (TPSA) is 118 Å². The van der Waals surface area contributed by atoms with Crippen molar-refractivity contribution in [3.63, 3.8) is 0 Å². The monoisotopic (exact) mass is 368 g/mol. The fourth-order valence-corrected chi connectivity index (χ4v) is 2.40. The van der Waals surface area contributed by atoms with Crippen LogP contribution in [0, 0.1) is 23.2 Å². The van der Waals surface area contributed by atoms with E-state index in [0.29, 0.717) is 35.2 Å². The molecule has 7 heteroatoms. The van der Waals surface area contributed by atoms with Crippen molar-refractivity contribution in [2.75, 3.05) is 11.1 Å². The second kappa shape index (κ2) is 8.93. The molecule has 0 aliphatic heterocycles. The van der Waals surface area contributed by atoms with Crippen LogP contribution < -0.4 is 11.1 Å². The van der Waals surface area contributed by atoms with Gasteiger partial charge in [-0.15, -0.1) is 0 Å². The summed E-state index contributed by atoms with van der Waals surface area (Å²) >= 11 is 0. The number of hydrogen-bond donors (Lipinski definition) is 2. The Morgan fingerprint density at radius 3 is 2.64 bits per heavy atom. The van der Waals surface area contributed by atoms with Crippen LogP contribution in [-0.2, 0) is 6.42 Å². The Morgan fingerprint density at radius 1 is 1.07 bits per heavy atom. The van der Waals surface area contributed by atoms with Crippen LogP contribution in [0.1, 0.15) is 33.5 Å². The number of hydrogen-bond acceptors (Lipinski definition) is 6. The Hall–Kier alpha value is -4.23. The van der Waals surface area contributed by atoms with Gasteiger partial charge < -0.3 is 11.1 Å². The van der Waals surface area contributed by atoms with Crippen molar-refractivity contribution in [3.05, 3.63) is 77.4 Å². The van der Waals surface area contributed by atoms with Crippen molar-refractivity contribution < 1.29 is 4.79 Å². The minimum absolute atomic E-state index is 0.189. The van der Waals surface area contributed by atoms with Gasteiger partial charge in [-0.05, 0) is 30.2 Å². The maximum absolute atomic E-state index is 12.5. The first-order valence-electron chi connectivity index (χ1n) is 8.46. The highest BCUT2D eigenvalue weighted by atomic mass is 16.1. The molecule has 0 aliphatic rings. The maximum Gasteiger partial charge on any atom is 0.255 e. The predicted octanol–water partition coefficient (Wildman–Crippen LogP) is 2.56. The smallest absolute Gasteiger partial charge is 0.255 e. The van der Waals surface area contributed by atoms with Crippen molar-refractivity contribution in [2.24, 2.45) is 0 Å². The number of aromatic nitrogens is 3. The zero-order chi connectivity index (χ0) is 19.8. The van der Waals surface area contributed by atoms with Crippen molar-refractivity contribution in [3.8, 4) is 17.9 Å². The summed E-state index contributed by atoms with van der Waals surface area (Å²) in [6.07, 6.45) is 7.24. The maximum atomic E-state index is 12.5. The van der Waals surface area contributed by atoms with Crippen LogP contribution in [0.5, 0.6) is 0 Å². The summed E-state index contributed by atoms with van der Waals surface area (Å²) in [7, 11) is 0. The number of carbonyl (C=O) groups excluding carboxylic acids is 1. The van der Waals surface area contributed by atoms with Gasteiger partial charge >= 0.3 is 0 Å². The van der Waals surface area contributed by atoms with E-state index in [4.69, 9.17) is 11.0 Å². The molecule has 3 aromatic rings. The molecular formula is C21H16N6O. The number of aryl methyl sites for hydroxylation is 1. The molecule has 1 aromatic carbocycles. The Bertz CT molecular complexity index is 1090. The number of rotatable bonds is 4. The van der Waals surface area contributed by atoms with Crippen LogP contribution in [0.15, 0.2) is 55.1 Å². The van der Waals surface area contributed by atoms with Crippen LogP contribution in [0.25, 0.3) is 0 Å². The van der Waals surface area contributed by atoms with Crippen LogP contribution in [0.4, 0.5) is 11.6 Å². The second-order valence-corrected chi connectivity index (χ2v) is 5.85. The Kier molecular flexibility index (Phi) is 5.92. The molecule has 0 radical (unpaired) electrons. The van der Waals surface area contributed by atoms with Gasteiger partial charge in [-0.25, -0.2) is 9.97 Å². The predicted molar refractivity (Wildman–Crippen MR) is 105 cm³/mol. The molecular weight excluding hydrogens is 352 g/mol. The van der Waals surface area contributed by atoms with Crippen LogP contribution in [0.2, 0.25) is 0 Å². The molecule has 28 heavy (non-hydrogen) atoms. The number of benzene rings is 1. The largest absolute Gasteiger partial charge is 0.368 e. The summed E-state index contributed by atoms with van der Waals surface area (Å²) < 4.78 is 0. The zero-order valence-corrected chi connectivity index (χ0v) is 14.9. The number of anilines is 2. The normalized spacial score (nSPS) is 9.68. The standard InChI is InChI=1S/C21H16N6O/c22-8-2-4-15-3-1-5-18(9-15)20(28)27-19-10-16(11-24-14-19)6-7-17-12-25-21(23)26-13-17/h1,3,5,9-14H,2,4H2,(H,27,28)(H2,23,25,26). The molecule has 1 amide bonds. The lowest BCUT2D eigenvalue weighted by Crippen LogP contribution is -2.12. The summed E-state index contributed by atoms with van der Waals surface area (Å²) in [4.78, 5) is 24.4. The molecule has 0 unspecified atom stereocenters. The third kappa shape index (κ3) is 5.13. The molecule has 0 spiro atoms. The summed E-state index contributed by atoms with van der Waals surface area (Å²) in [6, 6.07) is 11.0. The number of pyridine rings is 1. The minimum Gasteiger partial charge on any atom is -0.368 e. The third-order valence-electron chi connectivity index (χ3n) is 3.73.